The molecule has 2 aromatic rings. The summed E-state index contributed by atoms with van der Waals surface area (Å²) in [4.78, 5) is 10.4. The highest BCUT2D eigenvalue weighted by atomic mass is 16.5. The molecule has 0 aliphatic carbocycles. The smallest absolute Gasteiger partial charge is 0.234 e. The quantitative estimate of drug-likeness (QED) is 0.908. The lowest BCUT2D eigenvalue weighted by Gasteiger charge is -2.30. The maximum Gasteiger partial charge on any atom is 0.234 e. The van der Waals surface area contributed by atoms with E-state index >= 15 is 0 Å². The topological polar surface area (TPSA) is 74.1 Å². The van der Waals surface area contributed by atoms with Gasteiger partial charge >= 0.3 is 0 Å². The van der Waals surface area contributed by atoms with Gasteiger partial charge in [-0.1, -0.05) is 18.2 Å². The SMILES string of the molecule is N#Cc1nccc(NCCc2ccccc2N2CCOCC2)n1. The average Bonchev–Trinajstić information content (AvgIpc) is 2.63. The lowest BCUT2D eigenvalue weighted by Crippen LogP contribution is -2.36. The van der Waals surface area contributed by atoms with Crippen molar-refractivity contribution in [1.29, 1.82) is 5.26 Å². The van der Waals surface area contributed by atoms with E-state index in [9.17, 15) is 0 Å². The van der Waals surface area contributed by atoms with Gasteiger partial charge in [0.15, 0.2) is 0 Å². The van der Waals surface area contributed by atoms with Gasteiger partial charge in [0.25, 0.3) is 0 Å². The van der Waals surface area contributed by atoms with Crippen molar-refractivity contribution < 1.29 is 4.74 Å². The minimum absolute atomic E-state index is 0.184. The van der Waals surface area contributed by atoms with E-state index in [0.29, 0.717) is 5.82 Å². The van der Waals surface area contributed by atoms with Gasteiger partial charge in [-0.05, 0) is 24.1 Å². The van der Waals surface area contributed by atoms with Crippen LogP contribution in [0.25, 0.3) is 0 Å². The maximum absolute atomic E-state index is 8.83. The molecule has 0 radical (unpaired) electrons. The van der Waals surface area contributed by atoms with E-state index in [0.717, 1.165) is 39.3 Å². The third kappa shape index (κ3) is 3.96. The van der Waals surface area contributed by atoms with Crippen LogP contribution < -0.4 is 10.2 Å². The van der Waals surface area contributed by atoms with Gasteiger partial charge in [0.05, 0.1) is 13.2 Å². The standard InChI is InChI=1S/C17H19N5O/c18-13-17-20-8-6-16(21-17)19-7-5-14-3-1-2-4-15(14)22-9-11-23-12-10-22/h1-4,6,8H,5,7,9-12H2,(H,19,20,21). The Kier molecular flexibility index (Phi) is 5.02. The molecule has 23 heavy (non-hydrogen) atoms. The second kappa shape index (κ2) is 7.56. The third-order valence-electron chi connectivity index (χ3n) is 3.80. The Morgan fingerprint density at radius 3 is 2.87 bits per heavy atom. The van der Waals surface area contributed by atoms with Crippen LogP contribution in [0.2, 0.25) is 0 Å². The van der Waals surface area contributed by atoms with Crippen LogP contribution >= 0.6 is 0 Å². The zero-order chi connectivity index (χ0) is 15.9. The first-order valence-electron chi connectivity index (χ1n) is 7.74. The molecular weight excluding hydrogens is 290 g/mol. The second-order valence-electron chi connectivity index (χ2n) is 5.28. The van der Waals surface area contributed by atoms with Crippen LogP contribution in [0.5, 0.6) is 0 Å². The summed E-state index contributed by atoms with van der Waals surface area (Å²) in [6.07, 6.45) is 2.48. The van der Waals surface area contributed by atoms with Crippen molar-refractivity contribution in [3.63, 3.8) is 0 Å². The highest BCUT2D eigenvalue weighted by molar-refractivity contribution is 5.54. The molecule has 1 aliphatic heterocycles. The fraction of sp³-hybridized carbons (Fsp3) is 0.353. The van der Waals surface area contributed by atoms with Gasteiger partial charge in [-0.15, -0.1) is 0 Å². The molecule has 1 aliphatic rings. The van der Waals surface area contributed by atoms with Crippen molar-refractivity contribution in [3.05, 3.63) is 47.9 Å². The summed E-state index contributed by atoms with van der Waals surface area (Å²) in [5.74, 6) is 0.865. The number of rotatable bonds is 5. The zero-order valence-electron chi connectivity index (χ0n) is 12.9. The summed E-state index contributed by atoms with van der Waals surface area (Å²) in [5.41, 5.74) is 2.58. The Hall–Kier alpha value is -2.65. The number of morpholine rings is 1. The van der Waals surface area contributed by atoms with Crippen molar-refractivity contribution in [2.24, 2.45) is 0 Å². The third-order valence-corrected chi connectivity index (χ3v) is 3.80. The highest BCUT2D eigenvalue weighted by Gasteiger charge is 2.14. The molecule has 6 heteroatoms. The Morgan fingerprint density at radius 1 is 1.22 bits per heavy atom. The number of aromatic nitrogens is 2. The zero-order valence-corrected chi connectivity index (χ0v) is 12.9. The molecule has 1 saturated heterocycles. The number of benzene rings is 1. The van der Waals surface area contributed by atoms with Gasteiger partial charge in [0.1, 0.15) is 11.9 Å². The molecule has 1 aromatic heterocycles. The van der Waals surface area contributed by atoms with Crippen molar-refractivity contribution in [3.8, 4) is 6.07 Å². The number of nitrogens with one attached hydrogen (secondary N) is 1. The van der Waals surface area contributed by atoms with Gasteiger partial charge < -0.3 is 15.0 Å². The monoisotopic (exact) mass is 309 g/mol. The van der Waals surface area contributed by atoms with Crippen molar-refractivity contribution >= 4 is 11.5 Å². The largest absolute Gasteiger partial charge is 0.378 e. The lowest BCUT2D eigenvalue weighted by atomic mass is 10.1. The molecule has 1 aromatic carbocycles. The minimum atomic E-state index is 0.184. The molecule has 118 valence electrons. The second-order valence-corrected chi connectivity index (χ2v) is 5.28. The highest BCUT2D eigenvalue weighted by Crippen LogP contribution is 2.22. The molecule has 0 atom stereocenters. The van der Waals surface area contributed by atoms with Crippen LogP contribution in [0.4, 0.5) is 11.5 Å². The van der Waals surface area contributed by atoms with Gasteiger partial charge in [0, 0.05) is 31.5 Å². The van der Waals surface area contributed by atoms with Crippen LogP contribution in [-0.2, 0) is 11.2 Å². The van der Waals surface area contributed by atoms with E-state index in [1.165, 1.54) is 11.3 Å². The van der Waals surface area contributed by atoms with Gasteiger partial charge in [-0.25, -0.2) is 9.97 Å². The predicted octanol–water partition coefficient (Wildman–Crippen LogP) is 1.84. The average molecular weight is 309 g/mol. The van der Waals surface area contributed by atoms with E-state index in [4.69, 9.17) is 10.00 Å². The minimum Gasteiger partial charge on any atom is -0.378 e. The van der Waals surface area contributed by atoms with Crippen molar-refractivity contribution in [1.82, 2.24) is 9.97 Å². The van der Waals surface area contributed by atoms with Crippen LogP contribution in [-0.4, -0.2) is 42.8 Å². The van der Waals surface area contributed by atoms with E-state index in [-0.39, 0.29) is 5.82 Å². The van der Waals surface area contributed by atoms with E-state index in [1.807, 2.05) is 6.07 Å². The van der Waals surface area contributed by atoms with Crippen LogP contribution in [0.1, 0.15) is 11.4 Å². The Labute approximate surface area is 135 Å². The van der Waals surface area contributed by atoms with E-state index in [1.54, 1.807) is 12.3 Å². The summed E-state index contributed by atoms with van der Waals surface area (Å²) in [7, 11) is 0. The summed E-state index contributed by atoms with van der Waals surface area (Å²) < 4.78 is 5.43. The molecule has 1 N–H and O–H groups in total. The molecule has 6 nitrogen and oxygen atoms in total. The van der Waals surface area contributed by atoms with Crippen LogP contribution in [0, 0.1) is 11.3 Å². The number of hydrogen-bond acceptors (Lipinski definition) is 6. The first kappa shape index (κ1) is 15.3. The first-order valence-corrected chi connectivity index (χ1v) is 7.74. The normalized spacial score (nSPS) is 14.3. The van der Waals surface area contributed by atoms with Crippen LogP contribution in [0.3, 0.4) is 0 Å². The number of hydrogen-bond donors (Lipinski definition) is 1. The van der Waals surface area contributed by atoms with Gasteiger partial charge in [-0.2, -0.15) is 5.26 Å². The summed E-state index contributed by atoms with van der Waals surface area (Å²) in [6.45, 7) is 4.18. The molecule has 1 fully saturated rings. The Bertz CT molecular complexity index is 691. The summed E-state index contributed by atoms with van der Waals surface area (Å²) in [6, 6.07) is 12.2. The number of ether oxygens (including phenoxy) is 1. The molecule has 0 unspecified atom stereocenters. The van der Waals surface area contributed by atoms with Crippen molar-refractivity contribution in [2.75, 3.05) is 43.1 Å². The number of para-hydroxylation sites is 1. The summed E-state index contributed by atoms with van der Waals surface area (Å²) in [5, 5.41) is 12.1. The maximum atomic E-state index is 8.83. The molecular formula is C17H19N5O. The fourth-order valence-electron chi connectivity index (χ4n) is 2.67. The van der Waals surface area contributed by atoms with Gasteiger partial charge in [0.2, 0.25) is 5.82 Å². The molecule has 3 rings (SSSR count). The molecule has 0 spiro atoms. The Morgan fingerprint density at radius 2 is 2.04 bits per heavy atom. The first-order chi connectivity index (χ1) is 11.4. The molecule has 0 saturated carbocycles. The lowest BCUT2D eigenvalue weighted by molar-refractivity contribution is 0.122. The molecule has 2 heterocycles. The molecule has 0 bridgehead atoms. The van der Waals surface area contributed by atoms with E-state index in [2.05, 4.69) is 44.5 Å². The fourth-order valence-corrected chi connectivity index (χ4v) is 2.67. The van der Waals surface area contributed by atoms with Gasteiger partial charge in [-0.3, -0.25) is 0 Å². The number of anilines is 2. The Balaban J connectivity index is 1.63. The number of nitriles is 1. The van der Waals surface area contributed by atoms with Crippen LogP contribution in [0.15, 0.2) is 36.5 Å². The molecule has 0 amide bonds. The number of nitrogens with zero attached hydrogens (tertiary/aromatic N) is 4. The summed E-state index contributed by atoms with van der Waals surface area (Å²) >= 11 is 0. The van der Waals surface area contributed by atoms with Crippen molar-refractivity contribution in [2.45, 2.75) is 6.42 Å². The van der Waals surface area contributed by atoms with E-state index < -0.39 is 0 Å². The predicted molar refractivity (Wildman–Crippen MR) is 88.4 cm³/mol.